The smallest absolute Gasteiger partial charge is 0.118 e. The van der Waals surface area contributed by atoms with Gasteiger partial charge in [-0.05, 0) is 36.0 Å². The SMILES string of the molecule is COc1ccc(C(CCl)CC(C)C)cc1. The monoisotopic (exact) mass is 226 g/mol. The highest BCUT2D eigenvalue weighted by Crippen LogP contribution is 2.26. The summed E-state index contributed by atoms with van der Waals surface area (Å²) in [5, 5.41) is 0. The molecule has 0 aliphatic carbocycles. The summed E-state index contributed by atoms with van der Waals surface area (Å²) >= 11 is 5.99. The lowest BCUT2D eigenvalue weighted by Gasteiger charge is -2.16. The van der Waals surface area contributed by atoms with Crippen molar-refractivity contribution < 1.29 is 4.74 Å². The van der Waals surface area contributed by atoms with Crippen LogP contribution >= 0.6 is 11.6 Å². The molecule has 0 N–H and O–H groups in total. The largest absolute Gasteiger partial charge is 0.497 e. The first kappa shape index (κ1) is 12.4. The molecule has 0 bridgehead atoms. The van der Waals surface area contributed by atoms with Crippen molar-refractivity contribution in [1.82, 2.24) is 0 Å². The second-order valence-electron chi connectivity index (χ2n) is 4.25. The predicted molar refractivity (Wildman–Crippen MR) is 65.9 cm³/mol. The fourth-order valence-electron chi connectivity index (χ4n) is 1.73. The molecule has 0 saturated heterocycles. The number of ether oxygens (including phenoxy) is 1. The normalized spacial score (nSPS) is 12.9. The highest BCUT2D eigenvalue weighted by molar-refractivity contribution is 6.18. The van der Waals surface area contributed by atoms with Crippen LogP contribution in [0.15, 0.2) is 24.3 Å². The van der Waals surface area contributed by atoms with Gasteiger partial charge in [-0.25, -0.2) is 0 Å². The predicted octanol–water partition coefficient (Wildman–Crippen LogP) is 4.06. The van der Waals surface area contributed by atoms with E-state index in [1.54, 1.807) is 7.11 Å². The van der Waals surface area contributed by atoms with Crippen molar-refractivity contribution in [1.29, 1.82) is 0 Å². The molecule has 1 nitrogen and oxygen atoms in total. The third-order valence-corrected chi connectivity index (χ3v) is 2.90. The molecular formula is C13H19ClO. The summed E-state index contributed by atoms with van der Waals surface area (Å²) in [5.74, 6) is 2.72. The van der Waals surface area contributed by atoms with Gasteiger partial charge in [0, 0.05) is 5.88 Å². The summed E-state index contributed by atoms with van der Waals surface area (Å²) in [6, 6.07) is 8.20. The minimum Gasteiger partial charge on any atom is -0.497 e. The summed E-state index contributed by atoms with van der Waals surface area (Å²) < 4.78 is 5.13. The van der Waals surface area contributed by atoms with E-state index in [-0.39, 0.29) is 0 Å². The van der Waals surface area contributed by atoms with Crippen molar-refractivity contribution in [3.8, 4) is 5.75 Å². The van der Waals surface area contributed by atoms with Crippen molar-refractivity contribution in [3.05, 3.63) is 29.8 Å². The maximum atomic E-state index is 5.99. The molecule has 1 aromatic rings. The van der Waals surface area contributed by atoms with Crippen LogP contribution in [0, 0.1) is 5.92 Å². The minimum absolute atomic E-state index is 0.456. The van der Waals surface area contributed by atoms with Crippen molar-refractivity contribution in [2.24, 2.45) is 5.92 Å². The van der Waals surface area contributed by atoms with Crippen molar-refractivity contribution in [2.75, 3.05) is 13.0 Å². The average molecular weight is 227 g/mol. The van der Waals surface area contributed by atoms with Gasteiger partial charge in [0.2, 0.25) is 0 Å². The number of methoxy groups -OCH3 is 1. The Hall–Kier alpha value is -0.690. The Balaban J connectivity index is 2.74. The van der Waals surface area contributed by atoms with E-state index in [0.29, 0.717) is 17.7 Å². The van der Waals surface area contributed by atoms with Gasteiger partial charge < -0.3 is 4.74 Å². The first-order valence-electron chi connectivity index (χ1n) is 5.37. The number of hydrogen-bond donors (Lipinski definition) is 0. The molecule has 0 heterocycles. The van der Waals surface area contributed by atoms with Crippen LogP contribution in [-0.4, -0.2) is 13.0 Å². The zero-order valence-corrected chi connectivity index (χ0v) is 10.4. The molecule has 1 atom stereocenters. The summed E-state index contributed by atoms with van der Waals surface area (Å²) in [6.07, 6.45) is 1.13. The lowest BCUT2D eigenvalue weighted by Crippen LogP contribution is -2.04. The maximum Gasteiger partial charge on any atom is 0.118 e. The van der Waals surface area contributed by atoms with Crippen LogP contribution in [0.5, 0.6) is 5.75 Å². The second kappa shape index (κ2) is 6.02. The van der Waals surface area contributed by atoms with Gasteiger partial charge in [0.25, 0.3) is 0 Å². The highest BCUT2D eigenvalue weighted by Gasteiger charge is 2.12. The standard InChI is InChI=1S/C13H19ClO/c1-10(2)8-12(9-14)11-4-6-13(15-3)7-5-11/h4-7,10,12H,8-9H2,1-3H3. The summed E-state index contributed by atoms with van der Waals surface area (Å²) in [4.78, 5) is 0. The number of halogens is 1. The Bertz CT molecular complexity index is 279. The Morgan fingerprint density at radius 2 is 1.80 bits per heavy atom. The lowest BCUT2D eigenvalue weighted by atomic mass is 9.92. The van der Waals surface area contributed by atoms with Gasteiger partial charge in [-0.2, -0.15) is 0 Å². The quantitative estimate of drug-likeness (QED) is 0.688. The van der Waals surface area contributed by atoms with E-state index < -0.39 is 0 Å². The van der Waals surface area contributed by atoms with E-state index in [4.69, 9.17) is 16.3 Å². The molecule has 0 spiro atoms. The first-order valence-corrected chi connectivity index (χ1v) is 5.90. The summed E-state index contributed by atoms with van der Waals surface area (Å²) in [6.45, 7) is 4.45. The number of benzene rings is 1. The number of alkyl halides is 1. The average Bonchev–Trinajstić information content (AvgIpc) is 2.26. The van der Waals surface area contributed by atoms with Gasteiger partial charge in [-0.1, -0.05) is 26.0 Å². The van der Waals surface area contributed by atoms with Gasteiger partial charge in [0.05, 0.1) is 7.11 Å². The van der Waals surface area contributed by atoms with Crippen molar-refractivity contribution in [2.45, 2.75) is 26.2 Å². The summed E-state index contributed by atoms with van der Waals surface area (Å²) in [7, 11) is 1.68. The minimum atomic E-state index is 0.456. The molecule has 0 saturated carbocycles. The Kier molecular flexibility index (Phi) is 4.97. The van der Waals surface area contributed by atoms with Crippen LogP contribution < -0.4 is 4.74 Å². The second-order valence-corrected chi connectivity index (χ2v) is 4.56. The third-order valence-electron chi connectivity index (χ3n) is 2.53. The van der Waals surface area contributed by atoms with E-state index in [1.165, 1.54) is 5.56 Å². The molecule has 0 amide bonds. The summed E-state index contributed by atoms with van der Waals surface area (Å²) in [5.41, 5.74) is 1.31. The zero-order valence-electron chi connectivity index (χ0n) is 9.66. The molecule has 1 unspecified atom stereocenters. The molecule has 0 aliphatic heterocycles. The van der Waals surface area contributed by atoms with Crippen molar-refractivity contribution >= 4 is 11.6 Å². The molecule has 1 rings (SSSR count). The van der Waals surface area contributed by atoms with E-state index in [1.807, 2.05) is 12.1 Å². The van der Waals surface area contributed by atoms with Gasteiger partial charge >= 0.3 is 0 Å². The van der Waals surface area contributed by atoms with Gasteiger partial charge in [-0.15, -0.1) is 11.6 Å². The topological polar surface area (TPSA) is 9.23 Å². The molecule has 0 radical (unpaired) electrons. The van der Waals surface area contributed by atoms with E-state index in [0.717, 1.165) is 12.2 Å². The first-order chi connectivity index (χ1) is 7.17. The maximum absolute atomic E-state index is 5.99. The number of rotatable bonds is 5. The van der Waals surface area contributed by atoms with Crippen molar-refractivity contribution in [3.63, 3.8) is 0 Å². The van der Waals surface area contributed by atoms with Crippen LogP contribution in [0.1, 0.15) is 31.7 Å². The Labute approximate surface area is 97.4 Å². The van der Waals surface area contributed by atoms with Crippen LogP contribution in [-0.2, 0) is 0 Å². The fraction of sp³-hybridized carbons (Fsp3) is 0.538. The zero-order chi connectivity index (χ0) is 11.3. The Morgan fingerprint density at radius 3 is 2.20 bits per heavy atom. The highest BCUT2D eigenvalue weighted by atomic mass is 35.5. The molecule has 2 heteroatoms. The van der Waals surface area contributed by atoms with Gasteiger partial charge in [0.1, 0.15) is 5.75 Å². The fourth-order valence-corrected chi connectivity index (χ4v) is 2.04. The molecule has 1 aromatic carbocycles. The number of hydrogen-bond acceptors (Lipinski definition) is 1. The molecule has 0 fully saturated rings. The van der Waals surface area contributed by atoms with Crippen LogP contribution in [0.25, 0.3) is 0 Å². The van der Waals surface area contributed by atoms with Gasteiger partial charge in [0.15, 0.2) is 0 Å². The molecule has 0 aliphatic rings. The lowest BCUT2D eigenvalue weighted by molar-refractivity contribution is 0.414. The molecule has 15 heavy (non-hydrogen) atoms. The van der Waals surface area contributed by atoms with Gasteiger partial charge in [-0.3, -0.25) is 0 Å². The van der Waals surface area contributed by atoms with E-state index in [2.05, 4.69) is 26.0 Å². The van der Waals surface area contributed by atoms with Crippen LogP contribution in [0.3, 0.4) is 0 Å². The van der Waals surface area contributed by atoms with E-state index in [9.17, 15) is 0 Å². The van der Waals surface area contributed by atoms with Crippen LogP contribution in [0.4, 0.5) is 0 Å². The molecule has 84 valence electrons. The Morgan fingerprint density at radius 1 is 1.20 bits per heavy atom. The van der Waals surface area contributed by atoms with E-state index >= 15 is 0 Å². The third kappa shape index (κ3) is 3.75. The molecule has 0 aromatic heterocycles. The molecular weight excluding hydrogens is 208 g/mol. The van der Waals surface area contributed by atoms with Crippen LogP contribution in [0.2, 0.25) is 0 Å².